The highest BCUT2D eigenvalue weighted by Crippen LogP contribution is 2.18. The second-order valence-corrected chi connectivity index (χ2v) is 2.58. The van der Waals surface area contributed by atoms with Crippen LogP contribution in [0.25, 0.3) is 0 Å². The van der Waals surface area contributed by atoms with Crippen LogP contribution in [0.5, 0.6) is 17.8 Å². The molecule has 0 atom stereocenters. The van der Waals surface area contributed by atoms with Gasteiger partial charge in [-0.2, -0.15) is 9.97 Å². The summed E-state index contributed by atoms with van der Waals surface area (Å²) >= 11 is 0. The largest absolute Gasteiger partial charge is 0.481 e. The van der Waals surface area contributed by atoms with Gasteiger partial charge in [-0.15, -0.1) is 0 Å². The average Bonchev–Trinajstić information content (AvgIpc) is 2.25. The van der Waals surface area contributed by atoms with Crippen molar-refractivity contribution in [1.29, 1.82) is 0 Å². The summed E-state index contributed by atoms with van der Waals surface area (Å²) < 4.78 is 15.2. The number of hydrogen-bond donors (Lipinski definition) is 0. The summed E-state index contributed by atoms with van der Waals surface area (Å²) in [7, 11) is 3.03. The number of aromatic nitrogens is 2. The molecule has 0 bridgehead atoms. The van der Waals surface area contributed by atoms with Crippen molar-refractivity contribution < 1.29 is 14.2 Å². The molecule has 5 nitrogen and oxygen atoms in total. The Balaban J connectivity index is 2.81. The monoisotopic (exact) mass is 198 g/mol. The van der Waals surface area contributed by atoms with Gasteiger partial charge in [0, 0.05) is 0 Å². The van der Waals surface area contributed by atoms with Crippen molar-refractivity contribution in [3.63, 3.8) is 0 Å². The lowest BCUT2D eigenvalue weighted by molar-refractivity contribution is 0.286. The molecule has 1 aromatic rings. The van der Waals surface area contributed by atoms with E-state index in [9.17, 15) is 0 Å². The van der Waals surface area contributed by atoms with E-state index in [2.05, 4.69) is 9.97 Å². The molecule has 0 saturated heterocycles. The fourth-order valence-corrected chi connectivity index (χ4v) is 0.860. The molecule has 0 saturated carbocycles. The fourth-order valence-electron chi connectivity index (χ4n) is 0.860. The third kappa shape index (κ3) is 2.76. The zero-order valence-electron chi connectivity index (χ0n) is 8.61. The van der Waals surface area contributed by atoms with Gasteiger partial charge in [0.2, 0.25) is 11.8 Å². The molecular formula is C9H14N2O3. The number of nitrogens with zero attached hydrogens (tertiary/aromatic N) is 2. The minimum atomic E-state index is 0.246. The Morgan fingerprint density at radius 2 is 1.86 bits per heavy atom. The van der Waals surface area contributed by atoms with Gasteiger partial charge < -0.3 is 14.2 Å². The van der Waals surface area contributed by atoms with Crippen LogP contribution in [0.3, 0.4) is 0 Å². The molecule has 1 rings (SSSR count). The minimum absolute atomic E-state index is 0.246. The van der Waals surface area contributed by atoms with E-state index in [4.69, 9.17) is 14.2 Å². The number of ether oxygens (including phenoxy) is 3. The van der Waals surface area contributed by atoms with Crippen LogP contribution in [0.1, 0.15) is 13.3 Å². The van der Waals surface area contributed by atoms with Crippen molar-refractivity contribution in [2.24, 2.45) is 0 Å². The molecule has 0 aliphatic carbocycles. The molecule has 0 aliphatic rings. The maximum atomic E-state index is 5.33. The Bertz CT molecular complexity index is 269. The first kappa shape index (κ1) is 10.6. The van der Waals surface area contributed by atoms with Crippen LogP contribution in [0.15, 0.2) is 6.07 Å². The summed E-state index contributed by atoms with van der Waals surface area (Å²) in [5.74, 6) is 0.901. The van der Waals surface area contributed by atoms with Crippen LogP contribution >= 0.6 is 0 Å². The molecule has 1 heterocycles. The molecule has 0 radical (unpaired) electrons. The highest BCUT2D eigenvalue weighted by molar-refractivity contribution is 5.22. The lowest BCUT2D eigenvalue weighted by Gasteiger charge is -2.06. The Morgan fingerprint density at radius 1 is 1.14 bits per heavy atom. The van der Waals surface area contributed by atoms with Gasteiger partial charge in [0.25, 0.3) is 0 Å². The lowest BCUT2D eigenvalue weighted by Crippen LogP contribution is -2.01. The molecule has 0 fully saturated rings. The van der Waals surface area contributed by atoms with Gasteiger partial charge in [0.1, 0.15) is 0 Å². The summed E-state index contributed by atoms with van der Waals surface area (Å²) in [4.78, 5) is 7.94. The van der Waals surface area contributed by atoms with Crippen LogP contribution in [-0.4, -0.2) is 30.8 Å². The number of methoxy groups -OCH3 is 2. The summed E-state index contributed by atoms with van der Waals surface area (Å²) in [6.45, 7) is 2.64. The van der Waals surface area contributed by atoms with Gasteiger partial charge >= 0.3 is 6.01 Å². The fraction of sp³-hybridized carbons (Fsp3) is 0.556. The Labute approximate surface area is 83.0 Å². The average molecular weight is 198 g/mol. The van der Waals surface area contributed by atoms with Gasteiger partial charge in [0.05, 0.1) is 26.9 Å². The highest BCUT2D eigenvalue weighted by Gasteiger charge is 2.05. The first-order chi connectivity index (χ1) is 6.80. The van der Waals surface area contributed by atoms with Crippen LogP contribution in [0, 0.1) is 0 Å². The smallest absolute Gasteiger partial charge is 0.322 e. The normalized spacial score (nSPS) is 9.64. The highest BCUT2D eigenvalue weighted by atomic mass is 16.5. The first-order valence-corrected chi connectivity index (χ1v) is 4.40. The second-order valence-electron chi connectivity index (χ2n) is 2.58. The zero-order chi connectivity index (χ0) is 10.4. The quantitative estimate of drug-likeness (QED) is 0.713. The SMILES string of the molecule is CCCOc1cc(OC)nc(OC)n1. The maximum absolute atomic E-state index is 5.33. The van der Waals surface area contributed by atoms with Crippen molar-refractivity contribution in [3.05, 3.63) is 6.07 Å². The van der Waals surface area contributed by atoms with E-state index in [0.29, 0.717) is 18.4 Å². The van der Waals surface area contributed by atoms with Gasteiger partial charge in [0.15, 0.2) is 0 Å². The molecule has 1 aromatic heterocycles. The van der Waals surface area contributed by atoms with E-state index in [1.54, 1.807) is 6.07 Å². The van der Waals surface area contributed by atoms with Crippen LogP contribution in [0.2, 0.25) is 0 Å². The van der Waals surface area contributed by atoms with E-state index >= 15 is 0 Å². The van der Waals surface area contributed by atoms with E-state index < -0.39 is 0 Å². The summed E-state index contributed by atoms with van der Waals surface area (Å²) in [6, 6.07) is 1.87. The second kappa shape index (κ2) is 5.26. The van der Waals surface area contributed by atoms with Crippen molar-refractivity contribution in [1.82, 2.24) is 9.97 Å². The molecule has 0 amide bonds. The molecule has 0 aliphatic heterocycles. The zero-order valence-corrected chi connectivity index (χ0v) is 8.61. The topological polar surface area (TPSA) is 53.5 Å². The number of rotatable bonds is 5. The Morgan fingerprint density at radius 3 is 2.43 bits per heavy atom. The molecule has 78 valence electrons. The van der Waals surface area contributed by atoms with Crippen molar-refractivity contribution >= 4 is 0 Å². The molecule has 0 aromatic carbocycles. The van der Waals surface area contributed by atoms with Gasteiger partial charge in [-0.1, -0.05) is 6.92 Å². The number of hydrogen-bond acceptors (Lipinski definition) is 5. The van der Waals surface area contributed by atoms with E-state index in [1.165, 1.54) is 14.2 Å². The van der Waals surface area contributed by atoms with Crippen molar-refractivity contribution in [3.8, 4) is 17.8 Å². The Hall–Kier alpha value is -1.52. The van der Waals surface area contributed by atoms with Gasteiger partial charge in [-0.25, -0.2) is 0 Å². The van der Waals surface area contributed by atoms with Gasteiger partial charge in [-0.05, 0) is 6.42 Å². The minimum Gasteiger partial charge on any atom is -0.481 e. The standard InChI is InChI=1S/C9H14N2O3/c1-4-5-14-8-6-7(12-2)10-9(11-8)13-3/h6H,4-5H2,1-3H3. The third-order valence-electron chi connectivity index (χ3n) is 1.50. The Kier molecular flexibility index (Phi) is 3.97. The van der Waals surface area contributed by atoms with Gasteiger partial charge in [-0.3, -0.25) is 0 Å². The molecule has 14 heavy (non-hydrogen) atoms. The third-order valence-corrected chi connectivity index (χ3v) is 1.50. The van der Waals surface area contributed by atoms with E-state index in [-0.39, 0.29) is 6.01 Å². The van der Waals surface area contributed by atoms with Crippen LogP contribution in [0.4, 0.5) is 0 Å². The molecule has 5 heteroatoms. The predicted molar refractivity (Wildman–Crippen MR) is 50.9 cm³/mol. The lowest BCUT2D eigenvalue weighted by atomic mass is 10.5. The molecular weight excluding hydrogens is 184 g/mol. The van der Waals surface area contributed by atoms with E-state index in [1.807, 2.05) is 6.92 Å². The first-order valence-electron chi connectivity index (χ1n) is 4.40. The maximum Gasteiger partial charge on any atom is 0.322 e. The van der Waals surface area contributed by atoms with Crippen molar-refractivity contribution in [2.45, 2.75) is 13.3 Å². The molecule has 0 N–H and O–H groups in total. The predicted octanol–water partition coefficient (Wildman–Crippen LogP) is 1.28. The summed E-state index contributed by atoms with van der Waals surface area (Å²) in [5, 5.41) is 0. The summed E-state index contributed by atoms with van der Waals surface area (Å²) in [5.41, 5.74) is 0. The van der Waals surface area contributed by atoms with Crippen molar-refractivity contribution in [2.75, 3.05) is 20.8 Å². The molecule has 0 unspecified atom stereocenters. The molecule has 0 spiro atoms. The van der Waals surface area contributed by atoms with E-state index in [0.717, 1.165) is 6.42 Å². The van der Waals surface area contributed by atoms with Crippen LogP contribution < -0.4 is 14.2 Å². The van der Waals surface area contributed by atoms with Crippen LogP contribution in [-0.2, 0) is 0 Å². The summed E-state index contributed by atoms with van der Waals surface area (Å²) in [6.07, 6.45) is 0.925.